The van der Waals surface area contributed by atoms with E-state index in [9.17, 15) is 13.2 Å². The zero-order chi connectivity index (χ0) is 23.8. The summed E-state index contributed by atoms with van der Waals surface area (Å²) in [6.07, 6.45) is 4.16. The van der Waals surface area contributed by atoms with E-state index in [0.717, 1.165) is 11.3 Å². The van der Waals surface area contributed by atoms with E-state index in [4.69, 9.17) is 10.5 Å². The summed E-state index contributed by atoms with van der Waals surface area (Å²) in [5.74, 6) is -2.06. The second kappa shape index (κ2) is 9.02. The number of hydrogen-bond donors (Lipinski definition) is 2. The first-order valence-electron chi connectivity index (χ1n) is 10.3. The Morgan fingerprint density at radius 3 is 2.76 bits per heavy atom. The lowest BCUT2D eigenvalue weighted by molar-refractivity contribution is 0.0996. The van der Waals surface area contributed by atoms with Crippen LogP contribution in [0.1, 0.15) is 54.2 Å². The van der Waals surface area contributed by atoms with Crippen LogP contribution in [0.4, 0.5) is 9.52 Å². The van der Waals surface area contributed by atoms with E-state index in [1.54, 1.807) is 25.3 Å². The topological polar surface area (TPSA) is 137 Å². The number of aromatic nitrogens is 3. The van der Waals surface area contributed by atoms with Gasteiger partial charge in [0.15, 0.2) is 5.13 Å². The number of carbonyl (C=O) groups is 1. The van der Waals surface area contributed by atoms with Gasteiger partial charge in [-0.25, -0.2) is 22.8 Å². The number of carbonyl (C=O) groups excluding carboxylic acids is 1. The molecule has 33 heavy (non-hydrogen) atoms. The highest BCUT2D eigenvalue weighted by Crippen LogP contribution is 2.38. The largest absolute Gasteiger partial charge is 0.477 e. The molecule has 0 saturated heterocycles. The molecule has 12 heteroatoms. The van der Waals surface area contributed by atoms with Crippen LogP contribution in [0, 0.1) is 5.82 Å². The van der Waals surface area contributed by atoms with Gasteiger partial charge in [-0.3, -0.25) is 14.5 Å². The number of hydrogen-bond acceptors (Lipinski definition) is 8. The predicted molar refractivity (Wildman–Crippen MR) is 122 cm³/mol. The first-order valence-corrected chi connectivity index (χ1v) is 12.7. The van der Waals surface area contributed by atoms with Gasteiger partial charge in [0.2, 0.25) is 15.9 Å². The third-order valence-corrected chi connectivity index (χ3v) is 7.95. The van der Waals surface area contributed by atoms with Gasteiger partial charge in [-0.2, -0.15) is 0 Å². The number of benzene rings is 1. The highest BCUT2D eigenvalue weighted by Gasteiger charge is 2.36. The zero-order valence-electron chi connectivity index (χ0n) is 17.9. The monoisotopic (exact) mass is 491 g/mol. The van der Waals surface area contributed by atoms with Crippen LogP contribution in [0.2, 0.25) is 0 Å². The lowest BCUT2D eigenvalue weighted by Crippen LogP contribution is -2.17. The molecule has 2 aromatic heterocycles. The second-order valence-electron chi connectivity index (χ2n) is 7.57. The number of amides is 1. The van der Waals surface area contributed by atoms with Crippen molar-refractivity contribution in [3.63, 3.8) is 0 Å². The maximum atomic E-state index is 15.5. The van der Waals surface area contributed by atoms with Crippen molar-refractivity contribution >= 4 is 32.4 Å². The fraction of sp³-hybridized carbons (Fsp3) is 0.333. The number of nitrogens with one attached hydrogen (secondary N) is 1. The first kappa shape index (κ1) is 23.1. The van der Waals surface area contributed by atoms with Crippen LogP contribution < -0.4 is 15.2 Å². The molecule has 9 nitrogen and oxygen atoms in total. The number of nitrogens with zero attached hydrogens (tertiary/aromatic N) is 3. The lowest BCUT2D eigenvalue weighted by Gasteiger charge is -2.17. The lowest BCUT2D eigenvalue weighted by atomic mass is 9.89. The van der Waals surface area contributed by atoms with Gasteiger partial charge in [0, 0.05) is 22.4 Å². The Morgan fingerprint density at radius 1 is 1.33 bits per heavy atom. The fourth-order valence-electron chi connectivity index (χ4n) is 3.39. The number of nitrogens with two attached hydrogens (primary N) is 1. The van der Waals surface area contributed by atoms with Crippen LogP contribution in [-0.4, -0.2) is 41.1 Å². The number of ether oxygens (including phenoxy) is 1. The fourth-order valence-corrected chi connectivity index (χ4v) is 5.79. The summed E-state index contributed by atoms with van der Waals surface area (Å²) in [5.41, 5.74) is 6.43. The smallest absolute Gasteiger partial charge is 0.251 e. The highest BCUT2D eigenvalue weighted by atomic mass is 32.2. The molecular weight excluding hydrogens is 469 g/mol. The van der Waals surface area contributed by atoms with Crippen molar-refractivity contribution in [1.82, 2.24) is 15.0 Å². The maximum Gasteiger partial charge on any atom is 0.251 e. The molecule has 0 radical (unpaired) electrons. The average Bonchev–Trinajstić information content (AvgIpc) is 3.54. The van der Waals surface area contributed by atoms with Crippen LogP contribution >= 0.6 is 11.3 Å². The number of thiazole rings is 1. The van der Waals surface area contributed by atoms with Crippen LogP contribution in [0.3, 0.4) is 0 Å². The molecule has 0 bridgehead atoms. The van der Waals surface area contributed by atoms with Gasteiger partial charge >= 0.3 is 0 Å². The van der Waals surface area contributed by atoms with Crippen molar-refractivity contribution in [3.05, 3.63) is 52.5 Å². The van der Waals surface area contributed by atoms with Crippen molar-refractivity contribution in [2.45, 2.75) is 37.9 Å². The standard InChI is InChI=1S/C21H22FN5O4S2/c1-3-31-17-9-24-8-15(25-17)13-6-7-14(20(23)28)19(22)18(13)11(2)16-10-32-21(26-16)27-33(29,30)12-4-5-12/h6-12H,3-5H2,1-2H3,(H2,23,28)(H,26,27). The molecule has 3 N–H and O–H groups in total. The van der Waals surface area contributed by atoms with Crippen molar-refractivity contribution in [2.24, 2.45) is 5.73 Å². The molecule has 4 rings (SSSR count). The minimum atomic E-state index is -3.47. The Kier molecular flexibility index (Phi) is 6.30. The molecule has 0 spiro atoms. The molecular formula is C21H22FN5O4S2. The van der Waals surface area contributed by atoms with Gasteiger partial charge in [-0.1, -0.05) is 13.0 Å². The molecule has 1 saturated carbocycles. The molecule has 1 aromatic carbocycles. The SMILES string of the molecule is CCOc1cncc(-c2ccc(C(N)=O)c(F)c2C(C)c2csc(NS(=O)(=O)C3CC3)n2)n1. The zero-order valence-corrected chi connectivity index (χ0v) is 19.5. The Bertz CT molecular complexity index is 1310. The molecule has 1 aliphatic carbocycles. The first-order chi connectivity index (χ1) is 15.7. The van der Waals surface area contributed by atoms with Gasteiger partial charge in [-0.15, -0.1) is 11.3 Å². The van der Waals surface area contributed by atoms with Gasteiger partial charge in [0.1, 0.15) is 5.82 Å². The summed E-state index contributed by atoms with van der Waals surface area (Å²) >= 11 is 1.11. The predicted octanol–water partition coefficient (Wildman–Crippen LogP) is 3.29. The summed E-state index contributed by atoms with van der Waals surface area (Å²) in [7, 11) is -3.47. The van der Waals surface area contributed by atoms with Gasteiger partial charge in [-0.05, 0) is 25.8 Å². The van der Waals surface area contributed by atoms with Gasteiger partial charge in [0.25, 0.3) is 5.91 Å². The van der Waals surface area contributed by atoms with E-state index >= 15 is 4.39 Å². The Balaban J connectivity index is 1.76. The Labute approximate surface area is 194 Å². The highest BCUT2D eigenvalue weighted by molar-refractivity contribution is 7.93. The molecule has 174 valence electrons. The summed E-state index contributed by atoms with van der Waals surface area (Å²) in [4.78, 5) is 24.7. The van der Waals surface area contributed by atoms with Crippen LogP contribution in [-0.2, 0) is 10.0 Å². The molecule has 1 unspecified atom stereocenters. The van der Waals surface area contributed by atoms with Crippen LogP contribution in [0.5, 0.6) is 5.88 Å². The molecule has 2 heterocycles. The molecule has 1 fully saturated rings. The van der Waals surface area contributed by atoms with Crippen molar-refractivity contribution in [3.8, 4) is 17.1 Å². The molecule has 0 aliphatic heterocycles. The molecule has 3 aromatic rings. The number of rotatable bonds is 9. The minimum absolute atomic E-state index is 0.149. The van der Waals surface area contributed by atoms with Crippen LogP contribution in [0.15, 0.2) is 29.9 Å². The number of primary amides is 1. The van der Waals surface area contributed by atoms with Gasteiger partial charge in [0.05, 0.1) is 41.2 Å². The van der Waals surface area contributed by atoms with Crippen LogP contribution in [0.25, 0.3) is 11.3 Å². The van der Waals surface area contributed by atoms with E-state index < -0.39 is 32.9 Å². The summed E-state index contributed by atoms with van der Waals surface area (Å²) in [5, 5.41) is 1.46. The average molecular weight is 492 g/mol. The van der Waals surface area contributed by atoms with Gasteiger partial charge < -0.3 is 10.5 Å². The normalized spacial score (nSPS) is 14.6. The van der Waals surface area contributed by atoms with Crippen molar-refractivity contribution in [1.29, 1.82) is 0 Å². The van der Waals surface area contributed by atoms with E-state index in [-0.39, 0.29) is 22.1 Å². The van der Waals surface area contributed by atoms with E-state index in [2.05, 4.69) is 19.7 Å². The van der Waals surface area contributed by atoms with Crippen molar-refractivity contribution < 1.29 is 22.3 Å². The minimum Gasteiger partial charge on any atom is -0.477 e. The number of halogens is 1. The van der Waals surface area contributed by atoms with E-state index in [1.807, 2.05) is 0 Å². The second-order valence-corrected chi connectivity index (χ2v) is 10.4. The maximum absolute atomic E-state index is 15.5. The Morgan fingerprint density at radius 2 is 2.09 bits per heavy atom. The van der Waals surface area contributed by atoms with E-state index in [0.29, 0.717) is 36.4 Å². The number of anilines is 1. The number of sulfonamides is 1. The molecule has 1 amide bonds. The van der Waals surface area contributed by atoms with Crippen molar-refractivity contribution in [2.75, 3.05) is 11.3 Å². The third-order valence-electron chi connectivity index (χ3n) is 5.22. The quantitative estimate of drug-likeness (QED) is 0.468. The summed E-state index contributed by atoms with van der Waals surface area (Å²) < 4.78 is 47.9. The summed E-state index contributed by atoms with van der Waals surface area (Å²) in [6, 6.07) is 2.85. The summed E-state index contributed by atoms with van der Waals surface area (Å²) in [6.45, 7) is 3.90. The third kappa shape index (κ3) is 4.81. The van der Waals surface area contributed by atoms with E-state index in [1.165, 1.54) is 18.5 Å². The Hall–Kier alpha value is -3.12. The molecule has 1 atom stereocenters. The molecule has 1 aliphatic rings.